The zero-order valence-electron chi connectivity index (χ0n) is 37.3. The lowest BCUT2D eigenvalue weighted by molar-refractivity contribution is 0.319. The van der Waals surface area contributed by atoms with Gasteiger partial charge in [0, 0.05) is 50.1 Å². The maximum Gasteiger partial charge on any atom is 0.226 e. The van der Waals surface area contributed by atoms with E-state index < -0.39 is 25.9 Å². The molecule has 2 aromatic heterocycles. The number of sulfonamides is 2. The molecule has 0 fully saturated rings. The van der Waals surface area contributed by atoms with Gasteiger partial charge < -0.3 is 18.3 Å². The van der Waals surface area contributed by atoms with E-state index in [1.54, 1.807) is 6.92 Å². The highest BCUT2D eigenvalue weighted by Crippen LogP contribution is 2.25. The Hall–Kier alpha value is -6.13. The maximum absolute atomic E-state index is 13.2. The molecule has 0 bridgehead atoms. The third kappa shape index (κ3) is 14.2. The third-order valence-corrected chi connectivity index (χ3v) is 13.6. The van der Waals surface area contributed by atoms with Gasteiger partial charge in [-0.2, -0.15) is 8.61 Å². The minimum atomic E-state index is -3.58. The first kappa shape index (κ1) is 48.3. The lowest BCUT2D eigenvalue weighted by Gasteiger charge is -2.21. The van der Waals surface area contributed by atoms with Gasteiger partial charge in [0.05, 0.1) is 36.6 Å². The highest BCUT2D eigenvalue weighted by molar-refractivity contribution is 7.88. The molecular weight excluding hydrogens is 868 g/mol. The summed E-state index contributed by atoms with van der Waals surface area (Å²) in [6.07, 6.45) is 2.43. The summed E-state index contributed by atoms with van der Waals surface area (Å²) in [5.41, 5.74) is 5.84. The number of rotatable bonds is 20. The number of aryl methyl sites for hydroxylation is 2. The SMILES string of the molecule is CCN(Cc1cccc(OCCc2nc(-c3ccccc3)oc2C)c1)S(=O)(=O)Cc1ccc(F)cc1.CCN(Cc1cccc(OCCc2nc(-c3ccccc3)oc2C)c1)S(C)(=O)=O. The van der Waals surface area contributed by atoms with Crippen LogP contribution in [0, 0.1) is 19.7 Å². The van der Waals surface area contributed by atoms with Gasteiger partial charge in [0.25, 0.3) is 0 Å². The topological polar surface area (TPSA) is 145 Å². The molecule has 0 atom stereocenters. The van der Waals surface area contributed by atoms with E-state index >= 15 is 0 Å². The number of aromatic nitrogens is 2. The van der Waals surface area contributed by atoms with Gasteiger partial charge in [-0.05, 0) is 91.2 Å². The van der Waals surface area contributed by atoms with Crippen molar-refractivity contribution in [2.75, 3.05) is 32.6 Å². The number of ether oxygens (including phenoxy) is 2. The fourth-order valence-corrected chi connectivity index (χ4v) is 9.27. The summed E-state index contributed by atoms with van der Waals surface area (Å²) in [6, 6.07) is 40.0. The molecule has 0 saturated heterocycles. The van der Waals surface area contributed by atoms with Crippen LogP contribution in [-0.4, -0.2) is 68.0 Å². The summed E-state index contributed by atoms with van der Waals surface area (Å²) in [4.78, 5) is 9.19. The van der Waals surface area contributed by atoms with Gasteiger partial charge in [-0.25, -0.2) is 31.2 Å². The molecule has 0 amide bonds. The van der Waals surface area contributed by atoms with E-state index in [4.69, 9.17) is 18.3 Å². The Morgan fingerprint density at radius 1 is 0.569 bits per heavy atom. The summed E-state index contributed by atoms with van der Waals surface area (Å²) in [6.45, 7) is 9.58. The Bertz CT molecular complexity index is 2820. The van der Waals surface area contributed by atoms with Crippen LogP contribution in [0.5, 0.6) is 11.5 Å². The third-order valence-electron chi connectivity index (χ3n) is 10.4. The molecule has 7 rings (SSSR count). The molecule has 0 radical (unpaired) electrons. The first-order valence-electron chi connectivity index (χ1n) is 21.3. The molecule has 0 unspecified atom stereocenters. The molecule has 65 heavy (non-hydrogen) atoms. The molecule has 2 heterocycles. The molecule has 0 aliphatic carbocycles. The van der Waals surface area contributed by atoms with Crippen molar-refractivity contribution < 1.29 is 39.5 Å². The lowest BCUT2D eigenvalue weighted by atomic mass is 10.2. The molecule has 7 aromatic rings. The minimum absolute atomic E-state index is 0.181. The van der Waals surface area contributed by atoms with E-state index in [1.807, 2.05) is 130 Å². The van der Waals surface area contributed by atoms with Crippen molar-refractivity contribution in [2.24, 2.45) is 0 Å². The van der Waals surface area contributed by atoms with Gasteiger partial charge in [-0.15, -0.1) is 0 Å². The molecule has 0 spiro atoms. The van der Waals surface area contributed by atoms with E-state index in [9.17, 15) is 21.2 Å². The van der Waals surface area contributed by atoms with Gasteiger partial charge in [0.15, 0.2) is 0 Å². The Kier molecular flexibility index (Phi) is 16.9. The van der Waals surface area contributed by atoms with Crippen molar-refractivity contribution in [3.8, 4) is 34.4 Å². The summed E-state index contributed by atoms with van der Waals surface area (Å²) in [5.74, 6) is 3.53. The quantitative estimate of drug-likeness (QED) is 0.0725. The largest absolute Gasteiger partial charge is 0.493 e. The van der Waals surface area contributed by atoms with Gasteiger partial charge in [0.2, 0.25) is 31.8 Å². The number of benzene rings is 5. The van der Waals surface area contributed by atoms with Crippen molar-refractivity contribution >= 4 is 20.0 Å². The molecule has 0 aliphatic rings. The van der Waals surface area contributed by atoms with Crippen molar-refractivity contribution in [2.45, 2.75) is 59.4 Å². The van der Waals surface area contributed by atoms with Crippen molar-refractivity contribution in [3.63, 3.8) is 0 Å². The van der Waals surface area contributed by atoms with E-state index in [0.717, 1.165) is 45.2 Å². The fraction of sp³-hybridized carbons (Fsp3) is 0.280. The molecule has 5 aromatic carbocycles. The second-order valence-corrected chi connectivity index (χ2v) is 19.2. The number of halogens is 1. The number of oxazole rings is 2. The van der Waals surface area contributed by atoms with Gasteiger partial charge in [-0.1, -0.05) is 86.6 Å². The summed E-state index contributed by atoms with van der Waals surface area (Å²) < 4.78 is 88.9. The van der Waals surface area contributed by atoms with Crippen molar-refractivity contribution in [3.05, 3.63) is 179 Å². The van der Waals surface area contributed by atoms with Crippen LogP contribution in [0.3, 0.4) is 0 Å². The van der Waals surface area contributed by atoms with Crippen LogP contribution < -0.4 is 9.47 Å². The van der Waals surface area contributed by atoms with Crippen LogP contribution in [0.2, 0.25) is 0 Å². The van der Waals surface area contributed by atoms with E-state index in [2.05, 4.69) is 9.97 Å². The molecule has 342 valence electrons. The van der Waals surface area contributed by atoms with Crippen LogP contribution >= 0.6 is 0 Å². The fourth-order valence-electron chi connectivity index (χ4n) is 6.89. The van der Waals surface area contributed by atoms with E-state index in [1.165, 1.54) is 39.1 Å². The van der Waals surface area contributed by atoms with Crippen LogP contribution in [0.15, 0.2) is 142 Å². The van der Waals surface area contributed by atoms with Gasteiger partial charge in [0.1, 0.15) is 28.8 Å². The Morgan fingerprint density at radius 3 is 1.45 bits per heavy atom. The maximum atomic E-state index is 13.2. The lowest BCUT2D eigenvalue weighted by Crippen LogP contribution is -2.31. The van der Waals surface area contributed by atoms with E-state index in [-0.39, 0.29) is 12.3 Å². The standard InChI is InChI=1S/C28H29FN2O4S.C22H26N2O4S/c1-3-31(36(32,33)20-22-12-14-25(29)15-13-22)19-23-8-7-11-26(18-23)34-17-16-27-21(2)35-28(30-27)24-9-5-4-6-10-24;1-4-24(29(3,25)26)16-18-9-8-12-20(15-18)27-14-13-21-17(2)28-22(23-21)19-10-6-5-7-11-19/h4-15,18H,3,16-17,19-20H2,1-2H3;5-12,15H,4,13-14,16H2,1-3H3. The average Bonchev–Trinajstić information content (AvgIpc) is 3.86. The molecule has 0 N–H and O–H groups in total. The summed E-state index contributed by atoms with van der Waals surface area (Å²) in [7, 11) is -6.81. The summed E-state index contributed by atoms with van der Waals surface area (Å²) >= 11 is 0. The van der Waals surface area contributed by atoms with Crippen LogP contribution in [-0.2, 0) is 51.7 Å². The molecule has 0 saturated carbocycles. The second-order valence-electron chi connectivity index (χ2n) is 15.3. The smallest absolute Gasteiger partial charge is 0.226 e. The first-order valence-corrected chi connectivity index (χ1v) is 24.8. The van der Waals surface area contributed by atoms with E-state index in [0.29, 0.717) is 74.5 Å². The molecule has 15 heteroatoms. The number of hydrogen-bond donors (Lipinski definition) is 0. The zero-order chi connectivity index (χ0) is 46.4. The molecule has 12 nitrogen and oxygen atoms in total. The molecular formula is C50H55FN4O8S2. The highest BCUT2D eigenvalue weighted by Gasteiger charge is 2.22. The summed E-state index contributed by atoms with van der Waals surface area (Å²) in [5, 5.41) is 0. The van der Waals surface area contributed by atoms with Crippen molar-refractivity contribution in [1.29, 1.82) is 0 Å². The highest BCUT2D eigenvalue weighted by atomic mass is 32.2. The average molecular weight is 923 g/mol. The Balaban J connectivity index is 0.000000221. The normalized spacial score (nSPS) is 11.7. The van der Waals surface area contributed by atoms with Crippen molar-refractivity contribution in [1.82, 2.24) is 18.6 Å². The monoisotopic (exact) mass is 922 g/mol. The Labute approximate surface area is 381 Å². The zero-order valence-corrected chi connectivity index (χ0v) is 38.9. The predicted octanol–water partition coefficient (Wildman–Crippen LogP) is 9.82. The van der Waals surface area contributed by atoms with Crippen LogP contribution in [0.4, 0.5) is 4.39 Å². The predicted molar refractivity (Wildman–Crippen MR) is 251 cm³/mol. The Morgan fingerprint density at radius 2 is 1.02 bits per heavy atom. The minimum Gasteiger partial charge on any atom is -0.493 e. The van der Waals surface area contributed by atoms with Crippen LogP contribution in [0.25, 0.3) is 22.9 Å². The van der Waals surface area contributed by atoms with Crippen LogP contribution in [0.1, 0.15) is 53.4 Å². The molecule has 0 aliphatic heterocycles. The first-order chi connectivity index (χ1) is 31.2. The second kappa shape index (κ2) is 22.7. The van der Waals surface area contributed by atoms with Gasteiger partial charge >= 0.3 is 0 Å². The number of nitrogens with zero attached hydrogens (tertiary/aromatic N) is 4. The van der Waals surface area contributed by atoms with Gasteiger partial charge in [-0.3, -0.25) is 0 Å². The number of hydrogen-bond acceptors (Lipinski definition) is 10.